The third kappa shape index (κ3) is 1.35. The largest absolute Gasteiger partial charge is 0.297 e. The standard InChI is InChI=1S/C12H8FN3/c13-9-3-4-11-12(6-9)16(8-15-11)10-2-1-5-14-7-10/h1-8H. The fraction of sp³-hybridized carbons (Fsp3) is 0. The summed E-state index contributed by atoms with van der Waals surface area (Å²) in [7, 11) is 0. The Morgan fingerprint density at radius 1 is 1.19 bits per heavy atom. The molecular weight excluding hydrogens is 205 g/mol. The summed E-state index contributed by atoms with van der Waals surface area (Å²) in [5, 5.41) is 0. The first-order chi connectivity index (χ1) is 7.84. The molecule has 0 saturated carbocycles. The molecule has 2 aromatic heterocycles. The minimum absolute atomic E-state index is 0.266. The Balaban J connectivity index is 2.29. The molecule has 0 fully saturated rings. The van der Waals surface area contributed by atoms with E-state index in [2.05, 4.69) is 9.97 Å². The molecule has 3 rings (SSSR count). The van der Waals surface area contributed by atoms with Gasteiger partial charge < -0.3 is 0 Å². The number of hydrogen-bond donors (Lipinski definition) is 0. The van der Waals surface area contributed by atoms with Crippen LogP contribution >= 0.6 is 0 Å². The molecule has 0 N–H and O–H groups in total. The van der Waals surface area contributed by atoms with Gasteiger partial charge in [-0.25, -0.2) is 9.37 Å². The summed E-state index contributed by atoms with van der Waals surface area (Å²) in [6, 6.07) is 8.27. The third-order valence-electron chi connectivity index (χ3n) is 2.43. The number of fused-ring (bicyclic) bond motifs is 1. The van der Waals surface area contributed by atoms with Crippen molar-refractivity contribution in [1.29, 1.82) is 0 Å². The number of benzene rings is 1. The molecule has 0 aliphatic heterocycles. The predicted molar refractivity (Wildman–Crippen MR) is 58.8 cm³/mol. The van der Waals surface area contributed by atoms with Crippen LogP contribution < -0.4 is 0 Å². The van der Waals surface area contributed by atoms with E-state index in [1.807, 2.05) is 16.7 Å². The number of aromatic nitrogens is 3. The molecule has 0 spiro atoms. The van der Waals surface area contributed by atoms with Gasteiger partial charge in [-0.15, -0.1) is 0 Å². The van der Waals surface area contributed by atoms with E-state index in [-0.39, 0.29) is 5.82 Å². The molecule has 2 heterocycles. The summed E-state index contributed by atoms with van der Waals surface area (Å²) >= 11 is 0. The maximum atomic E-state index is 13.2. The summed E-state index contributed by atoms with van der Waals surface area (Å²) in [5.74, 6) is -0.266. The molecule has 78 valence electrons. The minimum Gasteiger partial charge on any atom is -0.297 e. The number of pyridine rings is 1. The topological polar surface area (TPSA) is 30.7 Å². The third-order valence-corrected chi connectivity index (χ3v) is 2.43. The average molecular weight is 213 g/mol. The van der Waals surface area contributed by atoms with Gasteiger partial charge in [0, 0.05) is 12.3 Å². The van der Waals surface area contributed by atoms with E-state index in [0.717, 1.165) is 16.7 Å². The van der Waals surface area contributed by atoms with Crippen LogP contribution in [0.5, 0.6) is 0 Å². The van der Waals surface area contributed by atoms with E-state index in [4.69, 9.17) is 0 Å². The SMILES string of the molecule is Fc1ccc2ncn(-c3cccnc3)c2c1. The lowest BCUT2D eigenvalue weighted by atomic mass is 10.3. The molecule has 3 aromatic rings. The first-order valence-electron chi connectivity index (χ1n) is 4.87. The molecule has 0 aliphatic carbocycles. The maximum absolute atomic E-state index is 13.2. The predicted octanol–water partition coefficient (Wildman–Crippen LogP) is 2.56. The smallest absolute Gasteiger partial charge is 0.125 e. The lowest BCUT2D eigenvalue weighted by Gasteiger charge is -2.02. The van der Waals surface area contributed by atoms with Gasteiger partial charge in [0.25, 0.3) is 0 Å². The Hall–Kier alpha value is -2.23. The van der Waals surface area contributed by atoms with E-state index >= 15 is 0 Å². The highest BCUT2D eigenvalue weighted by atomic mass is 19.1. The van der Waals surface area contributed by atoms with E-state index in [9.17, 15) is 4.39 Å². The van der Waals surface area contributed by atoms with Gasteiger partial charge in [-0.3, -0.25) is 9.55 Å². The molecule has 0 unspecified atom stereocenters. The van der Waals surface area contributed by atoms with Crippen molar-refractivity contribution in [2.24, 2.45) is 0 Å². The van der Waals surface area contributed by atoms with Crippen molar-refractivity contribution in [3.63, 3.8) is 0 Å². The second-order valence-electron chi connectivity index (χ2n) is 3.46. The van der Waals surface area contributed by atoms with Crippen LogP contribution in [0, 0.1) is 5.82 Å². The first-order valence-corrected chi connectivity index (χ1v) is 4.87. The van der Waals surface area contributed by atoms with Gasteiger partial charge in [0.15, 0.2) is 0 Å². The van der Waals surface area contributed by atoms with Gasteiger partial charge in [0.2, 0.25) is 0 Å². The van der Waals surface area contributed by atoms with E-state index < -0.39 is 0 Å². The summed E-state index contributed by atoms with van der Waals surface area (Å²) in [6.45, 7) is 0. The number of nitrogens with zero attached hydrogens (tertiary/aromatic N) is 3. The highest BCUT2D eigenvalue weighted by molar-refractivity contribution is 5.77. The van der Waals surface area contributed by atoms with Gasteiger partial charge in [0.1, 0.15) is 12.1 Å². The maximum Gasteiger partial charge on any atom is 0.125 e. The molecule has 1 aromatic carbocycles. The number of imidazole rings is 1. The number of hydrogen-bond acceptors (Lipinski definition) is 2. The number of rotatable bonds is 1. The van der Waals surface area contributed by atoms with E-state index in [1.54, 1.807) is 24.8 Å². The molecule has 0 amide bonds. The Kier molecular flexibility index (Phi) is 1.93. The van der Waals surface area contributed by atoms with Crippen LogP contribution in [0.3, 0.4) is 0 Å². The van der Waals surface area contributed by atoms with Crippen molar-refractivity contribution in [2.45, 2.75) is 0 Å². The lowest BCUT2D eigenvalue weighted by molar-refractivity contribution is 0.629. The Morgan fingerprint density at radius 2 is 2.12 bits per heavy atom. The monoisotopic (exact) mass is 213 g/mol. The highest BCUT2D eigenvalue weighted by Gasteiger charge is 2.05. The molecular formula is C12H8FN3. The molecule has 3 nitrogen and oxygen atoms in total. The molecule has 0 aliphatic rings. The van der Waals surface area contributed by atoms with Crippen molar-refractivity contribution in [1.82, 2.24) is 14.5 Å². The molecule has 4 heteroatoms. The normalized spacial score (nSPS) is 10.8. The number of halogens is 1. The van der Waals surface area contributed by atoms with Crippen LogP contribution in [-0.2, 0) is 0 Å². The van der Waals surface area contributed by atoms with Gasteiger partial charge in [0.05, 0.1) is 22.9 Å². The zero-order valence-corrected chi connectivity index (χ0v) is 8.34. The summed E-state index contributed by atoms with van der Waals surface area (Å²) < 4.78 is 15.0. The van der Waals surface area contributed by atoms with Crippen molar-refractivity contribution in [3.8, 4) is 5.69 Å². The van der Waals surface area contributed by atoms with E-state index in [0.29, 0.717) is 0 Å². The Bertz CT molecular complexity index is 631. The van der Waals surface area contributed by atoms with Crippen molar-refractivity contribution >= 4 is 11.0 Å². The van der Waals surface area contributed by atoms with Crippen molar-refractivity contribution in [3.05, 3.63) is 54.9 Å². The van der Waals surface area contributed by atoms with Crippen molar-refractivity contribution in [2.75, 3.05) is 0 Å². The lowest BCUT2D eigenvalue weighted by Crippen LogP contribution is -1.92. The highest BCUT2D eigenvalue weighted by Crippen LogP contribution is 2.18. The fourth-order valence-corrected chi connectivity index (χ4v) is 1.68. The Labute approximate surface area is 91.2 Å². The van der Waals surface area contributed by atoms with E-state index in [1.165, 1.54) is 12.1 Å². The molecule has 0 radical (unpaired) electrons. The van der Waals surface area contributed by atoms with Crippen molar-refractivity contribution < 1.29 is 4.39 Å². The van der Waals surface area contributed by atoms with Gasteiger partial charge >= 0.3 is 0 Å². The van der Waals surface area contributed by atoms with Crippen LogP contribution in [-0.4, -0.2) is 14.5 Å². The second kappa shape index (κ2) is 3.41. The quantitative estimate of drug-likeness (QED) is 0.622. The first kappa shape index (κ1) is 9.03. The van der Waals surface area contributed by atoms with Crippen LogP contribution in [0.1, 0.15) is 0 Å². The summed E-state index contributed by atoms with van der Waals surface area (Å²) in [4.78, 5) is 8.23. The average Bonchev–Trinajstić information content (AvgIpc) is 2.73. The zero-order chi connectivity index (χ0) is 11.0. The van der Waals surface area contributed by atoms with Gasteiger partial charge in [-0.2, -0.15) is 0 Å². The molecule has 0 bridgehead atoms. The second-order valence-corrected chi connectivity index (χ2v) is 3.46. The molecule has 16 heavy (non-hydrogen) atoms. The summed E-state index contributed by atoms with van der Waals surface area (Å²) in [5.41, 5.74) is 2.38. The Morgan fingerprint density at radius 3 is 2.94 bits per heavy atom. The fourth-order valence-electron chi connectivity index (χ4n) is 1.68. The minimum atomic E-state index is -0.266. The molecule has 0 saturated heterocycles. The van der Waals surface area contributed by atoms with Crippen LogP contribution in [0.25, 0.3) is 16.7 Å². The van der Waals surface area contributed by atoms with Gasteiger partial charge in [-0.1, -0.05) is 0 Å². The zero-order valence-electron chi connectivity index (χ0n) is 8.34. The van der Waals surface area contributed by atoms with Crippen LogP contribution in [0.15, 0.2) is 49.1 Å². The summed E-state index contributed by atoms with van der Waals surface area (Å²) in [6.07, 6.45) is 5.08. The van der Waals surface area contributed by atoms with Crippen LogP contribution in [0.4, 0.5) is 4.39 Å². The van der Waals surface area contributed by atoms with Crippen LogP contribution in [0.2, 0.25) is 0 Å². The van der Waals surface area contributed by atoms with Gasteiger partial charge in [-0.05, 0) is 24.3 Å². The molecule has 0 atom stereocenters.